The molecule has 1 aliphatic heterocycles. The van der Waals surface area contributed by atoms with Crippen LogP contribution in [0.25, 0.3) is 0 Å². The Balaban J connectivity index is 1.53. The minimum absolute atomic E-state index is 0.0135. The average molecular weight is 326 g/mol. The van der Waals surface area contributed by atoms with E-state index in [0.717, 1.165) is 49.4 Å². The van der Waals surface area contributed by atoms with E-state index in [0.29, 0.717) is 0 Å². The molecular weight excluding hydrogens is 300 g/mol. The van der Waals surface area contributed by atoms with Gasteiger partial charge in [0.05, 0.1) is 11.3 Å². The number of amides is 1. The molecule has 2 heterocycles. The lowest BCUT2D eigenvalue weighted by Crippen LogP contribution is -2.44. The molecule has 0 radical (unpaired) electrons. The topological polar surface area (TPSA) is 50.2 Å². The molecule has 5 heteroatoms. The molecule has 1 aromatic heterocycles. The predicted molar refractivity (Wildman–Crippen MR) is 94.9 cm³/mol. The minimum Gasteiger partial charge on any atom is -0.349 e. The van der Waals surface area contributed by atoms with Gasteiger partial charge in [-0.05, 0) is 32.3 Å². The number of hydrogen-bond donors (Lipinski definition) is 1. The van der Waals surface area contributed by atoms with Crippen molar-refractivity contribution in [3.05, 3.63) is 52.8 Å². The Morgan fingerprint density at radius 3 is 2.46 bits per heavy atom. The van der Waals surface area contributed by atoms with Crippen LogP contribution in [0.15, 0.2) is 30.3 Å². The second-order valence-electron chi connectivity index (χ2n) is 6.68. The molecule has 1 aliphatic rings. The Labute approximate surface area is 143 Å². The summed E-state index contributed by atoms with van der Waals surface area (Å²) in [5.74, 6) is 0.0135. The van der Waals surface area contributed by atoms with E-state index in [-0.39, 0.29) is 11.9 Å². The van der Waals surface area contributed by atoms with Crippen LogP contribution in [-0.4, -0.2) is 39.7 Å². The highest BCUT2D eigenvalue weighted by molar-refractivity contribution is 5.96. The zero-order chi connectivity index (χ0) is 17.1. The molecule has 0 unspecified atom stereocenters. The fourth-order valence-corrected chi connectivity index (χ4v) is 3.44. The highest BCUT2D eigenvalue weighted by Crippen LogP contribution is 2.16. The lowest BCUT2D eigenvalue weighted by molar-refractivity contribution is 0.0907. The van der Waals surface area contributed by atoms with Crippen molar-refractivity contribution in [3.63, 3.8) is 0 Å². The molecule has 0 atom stereocenters. The van der Waals surface area contributed by atoms with Crippen LogP contribution in [0.5, 0.6) is 0 Å². The molecule has 0 bridgehead atoms. The largest absolute Gasteiger partial charge is 0.349 e. The van der Waals surface area contributed by atoms with Gasteiger partial charge in [0.25, 0.3) is 5.91 Å². The molecule has 1 fully saturated rings. The van der Waals surface area contributed by atoms with Crippen molar-refractivity contribution < 1.29 is 4.79 Å². The lowest BCUT2D eigenvalue weighted by Gasteiger charge is -2.32. The van der Waals surface area contributed by atoms with Gasteiger partial charge in [-0.3, -0.25) is 14.4 Å². The van der Waals surface area contributed by atoms with Crippen LogP contribution in [0.2, 0.25) is 0 Å². The number of likely N-dealkylation sites (tertiary alicyclic amines) is 1. The van der Waals surface area contributed by atoms with Gasteiger partial charge in [-0.15, -0.1) is 0 Å². The molecule has 1 N–H and O–H groups in total. The van der Waals surface area contributed by atoms with E-state index >= 15 is 0 Å². The van der Waals surface area contributed by atoms with Crippen LogP contribution >= 0.6 is 0 Å². The third-order valence-corrected chi connectivity index (χ3v) is 4.91. The fraction of sp³-hybridized carbons (Fsp3) is 0.474. The Kier molecular flexibility index (Phi) is 5.00. The van der Waals surface area contributed by atoms with Gasteiger partial charge in [0.1, 0.15) is 0 Å². The molecule has 0 aliphatic carbocycles. The number of benzene rings is 1. The van der Waals surface area contributed by atoms with E-state index in [4.69, 9.17) is 0 Å². The van der Waals surface area contributed by atoms with Crippen LogP contribution in [0.3, 0.4) is 0 Å². The first-order valence-electron chi connectivity index (χ1n) is 8.62. The van der Waals surface area contributed by atoms with Gasteiger partial charge >= 0.3 is 0 Å². The number of aryl methyl sites for hydroxylation is 2. The monoisotopic (exact) mass is 326 g/mol. The van der Waals surface area contributed by atoms with Gasteiger partial charge in [-0.1, -0.05) is 30.3 Å². The highest BCUT2D eigenvalue weighted by atomic mass is 16.1. The molecule has 1 saturated heterocycles. The molecule has 1 amide bonds. The first-order chi connectivity index (χ1) is 11.5. The third-order valence-electron chi connectivity index (χ3n) is 4.91. The number of carbonyl (C=O) groups excluding carboxylic acids is 1. The van der Waals surface area contributed by atoms with E-state index < -0.39 is 0 Å². The van der Waals surface area contributed by atoms with Crippen molar-refractivity contribution in [2.45, 2.75) is 39.3 Å². The summed E-state index contributed by atoms with van der Waals surface area (Å²) < 4.78 is 1.77. The standard InChI is InChI=1S/C19H26N4O/c1-14-18(15(2)22(3)21-14)19(24)20-17-9-11-23(12-10-17)13-16-7-5-4-6-8-16/h4-8,17H,9-13H2,1-3H3,(H,20,24). The van der Waals surface area contributed by atoms with E-state index in [1.807, 2.05) is 27.0 Å². The number of nitrogens with one attached hydrogen (secondary N) is 1. The Hall–Kier alpha value is -2.14. The van der Waals surface area contributed by atoms with Crippen LogP contribution < -0.4 is 5.32 Å². The number of hydrogen-bond acceptors (Lipinski definition) is 3. The molecule has 3 rings (SSSR count). The van der Waals surface area contributed by atoms with Crippen molar-refractivity contribution in [2.24, 2.45) is 7.05 Å². The molecule has 24 heavy (non-hydrogen) atoms. The number of rotatable bonds is 4. The molecule has 5 nitrogen and oxygen atoms in total. The van der Waals surface area contributed by atoms with Crippen molar-refractivity contribution in [1.29, 1.82) is 0 Å². The molecule has 128 valence electrons. The summed E-state index contributed by atoms with van der Waals surface area (Å²) in [5, 5.41) is 7.53. The third kappa shape index (κ3) is 3.67. The highest BCUT2D eigenvalue weighted by Gasteiger charge is 2.24. The SMILES string of the molecule is Cc1nn(C)c(C)c1C(=O)NC1CCN(Cc2ccccc2)CC1. The molecular formula is C19H26N4O. The maximum absolute atomic E-state index is 12.6. The zero-order valence-electron chi connectivity index (χ0n) is 14.7. The summed E-state index contributed by atoms with van der Waals surface area (Å²) in [4.78, 5) is 15.0. The quantitative estimate of drug-likeness (QED) is 0.939. The number of carbonyl (C=O) groups is 1. The van der Waals surface area contributed by atoms with Crippen molar-refractivity contribution >= 4 is 5.91 Å². The summed E-state index contributed by atoms with van der Waals surface area (Å²) in [6.07, 6.45) is 1.99. The van der Waals surface area contributed by atoms with Crippen molar-refractivity contribution in [1.82, 2.24) is 20.0 Å². The van der Waals surface area contributed by atoms with E-state index in [1.165, 1.54) is 5.56 Å². The predicted octanol–water partition coefficient (Wildman–Crippen LogP) is 2.43. The second-order valence-corrected chi connectivity index (χ2v) is 6.68. The van der Waals surface area contributed by atoms with Gasteiger partial charge < -0.3 is 5.32 Å². The zero-order valence-corrected chi connectivity index (χ0v) is 14.7. The Bertz CT molecular complexity index is 700. The maximum Gasteiger partial charge on any atom is 0.255 e. The Morgan fingerprint density at radius 2 is 1.88 bits per heavy atom. The normalized spacial score (nSPS) is 16.3. The summed E-state index contributed by atoms with van der Waals surface area (Å²) in [6, 6.07) is 10.8. The maximum atomic E-state index is 12.6. The molecule has 0 saturated carbocycles. The number of piperidine rings is 1. The van der Waals surface area contributed by atoms with Crippen molar-refractivity contribution in [3.8, 4) is 0 Å². The molecule has 2 aromatic rings. The van der Waals surface area contributed by atoms with E-state index in [9.17, 15) is 4.79 Å². The van der Waals surface area contributed by atoms with Crippen molar-refractivity contribution in [2.75, 3.05) is 13.1 Å². The van der Waals surface area contributed by atoms with Crippen LogP contribution in [0.1, 0.15) is 40.2 Å². The molecule has 1 aromatic carbocycles. The summed E-state index contributed by atoms with van der Waals surface area (Å²) in [7, 11) is 1.88. The first-order valence-corrected chi connectivity index (χ1v) is 8.62. The van der Waals surface area contributed by atoms with Gasteiger partial charge in [-0.25, -0.2) is 0 Å². The fourth-order valence-electron chi connectivity index (χ4n) is 3.44. The van der Waals surface area contributed by atoms with E-state index in [1.54, 1.807) is 4.68 Å². The summed E-state index contributed by atoms with van der Waals surface area (Å²) >= 11 is 0. The second kappa shape index (κ2) is 7.18. The van der Waals surface area contributed by atoms with Gasteiger partial charge in [-0.2, -0.15) is 5.10 Å². The van der Waals surface area contributed by atoms with Crippen LogP contribution in [0, 0.1) is 13.8 Å². The first kappa shape index (κ1) is 16.7. The number of aromatic nitrogens is 2. The van der Waals surface area contributed by atoms with Gasteiger partial charge in [0.15, 0.2) is 0 Å². The van der Waals surface area contributed by atoms with Gasteiger partial charge in [0.2, 0.25) is 0 Å². The van der Waals surface area contributed by atoms with Crippen LogP contribution in [0.4, 0.5) is 0 Å². The Morgan fingerprint density at radius 1 is 1.21 bits per heavy atom. The lowest BCUT2D eigenvalue weighted by atomic mass is 10.0. The smallest absolute Gasteiger partial charge is 0.255 e. The van der Waals surface area contributed by atoms with Crippen LogP contribution in [-0.2, 0) is 13.6 Å². The molecule has 0 spiro atoms. The summed E-state index contributed by atoms with van der Waals surface area (Å²) in [5.41, 5.74) is 3.80. The van der Waals surface area contributed by atoms with E-state index in [2.05, 4.69) is 39.6 Å². The minimum atomic E-state index is 0.0135. The average Bonchev–Trinajstić information content (AvgIpc) is 2.83. The van der Waals surface area contributed by atoms with Gasteiger partial charge in [0, 0.05) is 38.4 Å². The number of nitrogens with zero attached hydrogens (tertiary/aromatic N) is 3. The summed E-state index contributed by atoms with van der Waals surface area (Å²) in [6.45, 7) is 6.86.